The summed E-state index contributed by atoms with van der Waals surface area (Å²) >= 11 is 0. The molecule has 2 aliphatic heterocycles. The van der Waals surface area contributed by atoms with E-state index in [9.17, 15) is 9.59 Å². The number of anilines is 1. The Hall–Kier alpha value is -2.15. The van der Waals surface area contributed by atoms with Gasteiger partial charge in [0, 0.05) is 46.0 Å². The van der Waals surface area contributed by atoms with Gasteiger partial charge in [-0.3, -0.25) is 9.69 Å². The Morgan fingerprint density at radius 1 is 1.25 bits per heavy atom. The van der Waals surface area contributed by atoms with Crippen molar-refractivity contribution in [3.63, 3.8) is 0 Å². The quantitative estimate of drug-likeness (QED) is 0.753. The maximum Gasteiger partial charge on any atom is 0.339 e. The Bertz CT molecular complexity index is 596. The van der Waals surface area contributed by atoms with Crippen LogP contribution >= 0.6 is 0 Å². The number of piperazine rings is 1. The fourth-order valence-electron chi connectivity index (χ4n) is 3.31. The summed E-state index contributed by atoms with van der Waals surface area (Å²) < 4.78 is 4.97. The molecule has 1 aromatic heterocycles. The first-order valence-corrected chi connectivity index (χ1v) is 8.47. The molecule has 24 heavy (non-hydrogen) atoms. The van der Waals surface area contributed by atoms with E-state index in [1.807, 2.05) is 18.0 Å². The molecule has 130 valence electrons. The molecule has 2 saturated heterocycles. The van der Waals surface area contributed by atoms with Crippen molar-refractivity contribution in [1.29, 1.82) is 0 Å². The Balaban J connectivity index is 1.57. The molecular weight excluding hydrogens is 308 g/mol. The average molecular weight is 332 g/mol. The van der Waals surface area contributed by atoms with Crippen LogP contribution in [0.3, 0.4) is 0 Å². The Morgan fingerprint density at radius 3 is 2.54 bits per heavy atom. The Morgan fingerprint density at radius 2 is 2.00 bits per heavy atom. The summed E-state index contributed by atoms with van der Waals surface area (Å²) in [6, 6.07) is 3.65. The van der Waals surface area contributed by atoms with E-state index >= 15 is 0 Å². The van der Waals surface area contributed by atoms with Gasteiger partial charge in [0.05, 0.1) is 18.2 Å². The molecule has 1 atom stereocenters. The highest BCUT2D eigenvalue weighted by Crippen LogP contribution is 2.20. The molecule has 2 aliphatic rings. The van der Waals surface area contributed by atoms with E-state index < -0.39 is 0 Å². The van der Waals surface area contributed by atoms with E-state index in [2.05, 4.69) is 14.8 Å². The number of likely N-dealkylation sites (tertiary alicyclic amines) is 1. The summed E-state index contributed by atoms with van der Waals surface area (Å²) in [4.78, 5) is 34.4. The van der Waals surface area contributed by atoms with Crippen LogP contribution in [0.4, 0.5) is 5.82 Å². The van der Waals surface area contributed by atoms with Gasteiger partial charge in [-0.05, 0) is 25.5 Å². The molecule has 0 unspecified atom stereocenters. The van der Waals surface area contributed by atoms with E-state index in [1.54, 1.807) is 19.2 Å². The second-order valence-corrected chi connectivity index (χ2v) is 6.21. The first kappa shape index (κ1) is 16.7. The second kappa shape index (κ2) is 7.17. The Labute approximate surface area is 142 Å². The zero-order chi connectivity index (χ0) is 17.1. The van der Waals surface area contributed by atoms with Crippen LogP contribution in [-0.4, -0.2) is 79.1 Å². The van der Waals surface area contributed by atoms with Crippen molar-refractivity contribution in [2.75, 3.05) is 51.3 Å². The molecular formula is C17H24N4O3. The zero-order valence-electron chi connectivity index (χ0n) is 14.3. The summed E-state index contributed by atoms with van der Waals surface area (Å²) in [6.07, 6.45) is 2.48. The number of aromatic nitrogens is 1. The van der Waals surface area contributed by atoms with Crippen molar-refractivity contribution in [2.24, 2.45) is 0 Å². The van der Waals surface area contributed by atoms with E-state index in [0.717, 1.165) is 45.0 Å². The van der Waals surface area contributed by atoms with Crippen LogP contribution in [0.2, 0.25) is 0 Å². The third kappa shape index (κ3) is 3.36. The molecule has 3 rings (SSSR count). The molecule has 0 spiro atoms. The van der Waals surface area contributed by atoms with Crippen molar-refractivity contribution in [1.82, 2.24) is 14.8 Å². The number of pyridine rings is 1. The molecule has 2 fully saturated rings. The van der Waals surface area contributed by atoms with Crippen molar-refractivity contribution in [2.45, 2.75) is 19.4 Å². The smallest absolute Gasteiger partial charge is 0.339 e. The standard InChI is InChI=1S/C17H24N4O3/c1-3-24-17(23)13-4-5-15(18-12-13)21-10-8-20(9-11-21)14-6-7-19(2)16(14)22/h4-5,12,14H,3,6-11H2,1-2H3/t14-/m0/s1. The number of rotatable bonds is 4. The largest absolute Gasteiger partial charge is 0.462 e. The normalized spacial score (nSPS) is 22.1. The van der Waals surface area contributed by atoms with Crippen LogP contribution in [0.15, 0.2) is 18.3 Å². The molecule has 0 radical (unpaired) electrons. The lowest BCUT2D eigenvalue weighted by Gasteiger charge is -2.37. The van der Waals surface area contributed by atoms with Crippen molar-refractivity contribution in [3.8, 4) is 0 Å². The van der Waals surface area contributed by atoms with E-state index in [0.29, 0.717) is 12.2 Å². The van der Waals surface area contributed by atoms with E-state index in [4.69, 9.17) is 4.74 Å². The number of likely N-dealkylation sites (N-methyl/N-ethyl adjacent to an activating group) is 1. The summed E-state index contributed by atoms with van der Waals surface area (Å²) in [5, 5.41) is 0. The number of hydrogen-bond donors (Lipinski definition) is 0. The molecule has 0 N–H and O–H groups in total. The zero-order valence-corrected chi connectivity index (χ0v) is 14.3. The van der Waals surface area contributed by atoms with Gasteiger partial charge in [-0.2, -0.15) is 0 Å². The fraction of sp³-hybridized carbons (Fsp3) is 0.588. The van der Waals surface area contributed by atoms with Crippen LogP contribution in [0.25, 0.3) is 0 Å². The monoisotopic (exact) mass is 332 g/mol. The summed E-state index contributed by atoms with van der Waals surface area (Å²) in [5.41, 5.74) is 0.471. The van der Waals surface area contributed by atoms with Crippen molar-refractivity contribution >= 4 is 17.7 Å². The van der Waals surface area contributed by atoms with Crippen LogP contribution in [0.5, 0.6) is 0 Å². The van der Waals surface area contributed by atoms with Crippen LogP contribution in [0.1, 0.15) is 23.7 Å². The van der Waals surface area contributed by atoms with Gasteiger partial charge in [-0.25, -0.2) is 9.78 Å². The summed E-state index contributed by atoms with van der Waals surface area (Å²) in [5.74, 6) is 0.753. The number of ether oxygens (including phenoxy) is 1. The van der Waals surface area contributed by atoms with Gasteiger partial charge in [-0.1, -0.05) is 0 Å². The van der Waals surface area contributed by atoms with Crippen molar-refractivity contribution in [3.05, 3.63) is 23.9 Å². The number of esters is 1. The minimum Gasteiger partial charge on any atom is -0.462 e. The average Bonchev–Trinajstić information content (AvgIpc) is 2.95. The number of carbonyl (C=O) groups is 2. The lowest BCUT2D eigenvalue weighted by Crippen LogP contribution is -2.52. The highest BCUT2D eigenvalue weighted by atomic mass is 16.5. The molecule has 0 bridgehead atoms. The number of carbonyl (C=O) groups excluding carboxylic acids is 2. The lowest BCUT2D eigenvalue weighted by atomic mass is 10.1. The van der Waals surface area contributed by atoms with Gasteiger partial charge < -0.3 is 14.5 Å². The van der Waals surface area contributed by atoms with Crippen LogP contribution < -0.4 is 4.90 Å². The highest BCUT2D eigenvalue weighted by molar-refractivity contribution is 5.89. The van der Waals surface area contributed by atoms with Gasteiger partial charge in [-0.15, -0.1) is 0 Å². The van der Waals surface area contributed by atoms with E-state index in [1.165, 1.54) is 0 Å². The van der Waals surface area contributed by atoms with Gasteiger partial charge in [0.1, 0.15) is 5.82 Å². The third-order valence-corrected chi connectivity index (χ3v) is 4.74. The van der Waals surface area contributed by atoms with Crippen LogP contribution in [0, 0.1) is 0 Å². The SMILES string of the molecule is CCOC(=O)c1ccc(N2CCN([C@H]3CCN(C)C3=O)CC2)nc1. The van der Waals surface area contributed by atoms with Gasteiger partial charge in [0.25, 0.3) is 0 Å². The molecule has 7 nitrogen and oxygen atoms in total. The predicted octanol–water partition coefficient (Wildman–Crippen LogP) is 0.611. The lowest BCUT2D eigenvalue weighted by molar-refractivity contribution is -0.131. The summed E-state index contributed by atoms with van der Waals surface area (Å²) in [6.45, 7) is 6.36. The first-order valence-electron chi connectivity index (χ1n) is 8.47. The predicted molar refractivity (Wildman–Crippen MR) is 90.0 cm³/mol. The van der Waals surface area contributed by atoms with Crippen molar-refractivity contribution < 1.29 is 14.3 Å². The maximum absolute atomic E-state index is 12.1. The van der Waals surface area contributed by atoms with Gasteiger partial charge in [0.15, 0.2) is 0 Å². The maximum atomic E-state index is 12.1. The fourth-order valence-corrected chi connectivity index (χ4v) is 3.31. The number of hydrogen-bond acceptors (Lipinski definition) is 6. The Kier molecular flexibility index (Phi) is 4.99. The molecule has 1 amide bonds. The molecule has 3 heterocycles. The first-order chi connectivity index (χ1) is 11.6. The topological polar surface area (TPSA) is 66.0 Å². The minimum atomic E-state index is -0.342. The molecule has 0 saturated carbocycles. The highest BCUT2D eigenvalue weighted by Gasteiger charge is 2.35. The van der Waals surface area contributed by atoms with Gasteiger partial charge >= 0.3 is 5.97 Å². The molecule has 0 aromatic carbocycles. The van der Waals surface area contributed by atoms with E-state index in [-0.39, 0.29) is 17.9 Å². The molecule has 0 aliphatic carbocycles. The molecule has 1 aromatic rings. The second-order valence-electron chi connectivity index (χ2n) is 6.21. The summed E-state index contributed by atoms with van der Waals surface area (Å²) in [7, 11) is 1.87. The van der Waals surface area contributed by atoms with Gasteiger partial charge in [0.2, 0.25) is 5.91 Å². The molecule has 7 heteroatoms. The van der Waals surface area contributed by atoms with Crippen LogP contribution in [-0.2, 0) is 9.53 Å². The minimum absolute atomic E-state index is 0.0382. The number of nitrogens with zero attached hydrogens (tertiary/aromatic N) is 4. The third-order valence-electron chi connectivity index (χ3n) is 4.74. The number of amides is 1.